The Labute approximate surface area is 104 Å². The summed E-state index contributed by atoms with van der Waals surface area (Å²) in [6.07, 6.45) is 2.12. The molecule has 18 heavy (non-hydrogen) atoms. The first kappa shape index (κ1) is 14.2. The summed E-state index contributed by atoms with van der Waals surface area (Å²) in [5.74, 6) is -1.22. The van der Waals surface area contributed by atoms with Crippen molar-refractivity contribution in [1.29, 1.82) is 0 Å². The molecule has 1 aromatic heterocycles. The van der Waals surface area contributed by atoms with Gasteiger partial charge in [0.2, 0.25) is 0 Å². The van der Waals surface area contributed by atoms with Crippen molar-refractivity contribution >= 4 is 11.9 Å². The van der Waals surface area contributed by atoms with Gasteiger partial charge in [-0.2, -0.15) is 0 Å². The van der Waals surface area contributed by atoms with E-state index in [2.05, 4.69) is 10.5 Å². The third-order valence-electron chi connectivity index (χ3n) is 2.44. The van der Waals surface area contributed by atoms with E-state index < -0.39 is 17.9 Å². The highest BCUT2D eigenvalue weighted by Crippen LogP contribution is 2.07. The van der Waals surface area contributed by atoms with E-state index in [1.807, 2.05) is 0 Å². The Kier molecular flexibility index (Phi) is 5.31. The van der Waals surface area contributed by atoms with Crippen LogP contribution in [0.4, 0.5) is 0 Å². The van der Waals surface area contributed by atoms with Crippen molar-refractivity contribution in [2.45, 2.75) is 25.8 Å². The number of amides is 1. The minimum atomic E-state index is -1.08. The highest BCUT2D eigenvalue weighted by molar-refractivity contribution is 5.97. The molecule has 0 aromatic carbocycles. The Balaban J connectivity index is 2.58. The summed E-state index contributed by atoms with van der Waals surface area (Å²) in [5.41, 5.74) is 0.244. The second-order valence-corrected chi connectivity index (χ2v) is 3.79. The Morgan fingerprint density at radius 3 is 2.83 bits per heavy atom. The lowest BCUT2D eigenvalue weighted by Crippen LogP contribution is -2.41. The number of carboxylic acids is 1. The van der Waals surface area contributed by atoms with Gasteiger partial charge in [0, 0.05) is 13.7 Å². The van der Waals surface area contributed by atoms with Gasteiger partial charge >= 0.3 is 5.97 Å². The van der Waals surface area contributed by atoms with Crippen molar-refractivity contribution in [3.05, 3.63) is 17.5 Å². The molecule has 0 saturated carbocycles. The van der Waals surface area contributed by atoms with Crippen LogP contribution in [0.25, 0.3) is 0 Å². The molecule has 0 spiro atoms. The molecule has 0 aliphatic rings. The lowest BCUT2D eigenvalue weighted by Gasteiger charge is -2.13. The molecular formula is C11H16N2O5. The molecule has 100 valence electrons. The number of carbonyl (C=O) groups excluding carboxylic acids is 1. The molecule has 1 heterocycles. The van der Waals surface area contributed by atoms with Gasteiger partial charge in [0.25, 0.3) is 5.91 Å². The average Bonchev–Trinajstić information content (AvgIpc) is 2.74. The monoisotopic (exact) mass is 256 g/mol. The first-order valence-corrected chi connectivity index (χ1v) is 5.50. The number of methoxy groups -OCH3 is 1. The number of hydrogen-bond donors (Lipinski definition) is 2. The fourth-order valence-electron chi connectivity index (χ4n) is 1.44. The zero-order valence-corrected chi connectivity index (χ0v) is 10.3. The van der Waals surface area contributed by atoms with Crippen LogP contribution in [0, 0.1) is 6.92 Å². The summed E-state index contributed by atoms with van der Waals surface area (Å²) in [6.45, 7) is 2.04. The van der Waals surface area contributed by atoms with Gasteiger partial charge < -0.3 is 19.7 Å². The zero-order chi connectivity index (χ0) is 13.5. The summed E-state index contributed by atoms with van der Waals surface area (Å²) >= 11 is 0. The normalized spacial score (nSPS) is 12.1. The van der Waals surface area contributed by atoms with Gasteiger partial charge in [0.15, 0.2) is 0 Å². The van der Waals surface area contributed by atoms with E-state index in [9.17, 15) is 9.59 Å². The van der Waals surface area contributed by atoms with E-state index in [1.54, 1.807) is 6.92 Å². The summed E-state index contributed by atoms with van der Waals surface area (Å²) in [6, 6.07) is -0.943. The van der Waals surface area contributed by atoms with E-state index >= 15 is 0 Å². The maximum absolute atomic E-state index is 11.8. The molecule has 0 radical (unpaired) electrons. The molecule has 0 bridgehead atoms. The van der Waals surface area contributed by atoms with Crippen LogP contribution in [-0.2, 0) is 9.53 Å². The zero-order valence-electron chi connectivity index (χ0n) is 10.3. The number of aliphatic carboxylic acids is 1. The second-order valence-electron chi connectivity index (χ2n) is 3.79. The van der Waals surface area contributed by atoms with Crippen LogP contribution in [0.2, 0.25) is 0 Å². The highest BCUT2D eigenvalue weighted by Gasteiger charge is 2.22. The fraction of sp³-hybridized carbons (Fsp3) is 0.545. The smallest absolute Gasteiger partial charge is 0.326 e. The largest absolute Gasteiger partial charge is 0.480 e. The van der Waals surface area contributed by atoms with Crippen LogP contribution in [0.3, 0.4) is 0 Å². The number of aryl methyl sites for hydroxylation is 1. The van der Waals surface area contributed by atoms with Gasteiger partial charge in [0.05, 0.1) is 6.20 Å². The molecule has 0 fully saturated rings. The van der Waals surface area contributed by atoms with Crippen molar-refractivity contribution in [3.63, 3.8) is 0 Å². The quantitative estimate of drug-likeness (QED) is 0.692. The standard InChI is InChI=1S/C11H16N2O5/c1-7-8(6-12-18-7)10(14)13-9(11(15)16)4-3-5-17-2/h6,9H,3-5H2,1-2H3,(H,13,14)(H,15,16). The number of carboxylic acid groups (broad SMARTS) is 1. The Morgan fingerprint density at radius 1 is 1.61 bits per heavy atom. The third-order valence-corrected chi connectivity index (χ3v) is 2.44. The van der Waals surface area contributed by atoms with E-state index in [0.717, 1.165) is 0 Å². The number of nitrogens with zero attached hydrogens (tertiary/aromatic N) is 1. The first-order valence-electron chi connectivity index (χ1n) is 5.50. The maximum atomic E-state index is 11.8. The van der Waals surface area contributed by atoms with Crippen LogP contribution in [0.1, 0.15) is 29.0 Å². The SMILES string of the molecule is COCCCC(NC(=O)c1cnoc1C)C(=O)O. The van der Waals surface area contributed by atoms with Crippen LogP contribution in [-0.4, -0.2) is 41.9 Å². The summed E-state index contributed by atoms with van der Waals surface area (Å²) < 4.78 is 9.59. The van der Waals surface area contributed by atoms with Crippen LogP contribution in [0.5, 0.6) is 0 Å². The van der Waals surface area contributed by atoms with E-state index in [4.69, 9.17) is 14.4 Å². The molecule has 1 unspecified atom stereocenters. The van der Waals surface area contributed by atoms with Crippen molar-refractivity contribution in [2.75, 3.05) is 13.7 Å². The molecule has 1 atom stereocenters. The summed E-state index contributed by atoms with van der Waals surface area (Å²) in [7, 11) is 1.54. The summed E-state index contributed by atoms with van der Waals surface area (Å²) in [4.78, 5) is 22.8. The first-order chi connectivity index (χ1) is 8.56. The molecule has 1 rings (SSSR count). The van der Waals surface area contributed by atoms with Gasteiger partial charge in [-0.05, 0) is 19.8 Å². The molecule has 0 saturated heterocycles. The van der Waals surface area contributed by atoms with Crippen molar-refractivity contribution < 1.29 is 24.0 Å². The van der Waals surface area contributed by atoms with Crippen molar-refractivity contribution in [2.24, 2.45) is 0 Å². The van der Waals surface area contributed by atoms with E-state index in [1.165, 1.54) is 13.3 Å². The van der Waals surface area contributed by atoms with Gasteiger partial charge in [0.1, 0.15) is 17.4 Å². The highest BCUT2D eigenvalue weighted by atomic mass is 16.5. The number of carbonyl (C=O) groups is 2. The molecular weight excluding hydrogens is 240 g/mol. The predicted octanol–water partition coefficient (Wildman–Crippen LogP) is 0.593. The Hall–Kier alpha value is -1.89. The fourth-order valence-corrected chi connectivity index (χ4v) is 1.44. The molecule has 1 aromatic rings. The van der Waals surface area contributed by atoms with Gasteiger partial charge in [-0.15, -0.1) is 0 Å². The molecule has 7 nitrogen and oxygen atoms in total. The topological polar surface area (TPSA) is 102 Å². The van der Waals surface area contributed by atoms with Crippen LogP contribution < -0.4 is 5.32 Å². The minimum absolute atomic E-state index is 0.244. The number of aromatic nitrogens is 1. The van der Waals surface area contributed by atoms with Gasteiger partial charge in [-0.25, -0.2) is 4.79 Å². The van der Waals surface area contributed by atoms with Gasteiger partial charge in [-0.3, -0.25) is 4.79 Å². The average molecular weight is 256 g/mol. The number of hydrogen-bond acceptors (Lipinski definition) is 5. The van der Waals surface area contributed by atoms with Crippen LogP contribution >= 0.6 is 0 Å². The molecule has 0 aliphatic carbocycles. The lowest BCUT2D eigenvalue weighted by atomic mass is 10.1. The number of nitrogens with one attached hydrogen (secondary N) is 1. The number of ether oxygens (including phenoxy) is 1. The predicted molar refractivity (Wildman–Crippen MR) is 61.2 cm³/mol. The minimum Gasteiger partial charge on any atom is -0.480 e. The van der Waals surface area contributed by atoms with Crippen molar-refractivity contribution in [3.8, 4) is 0 Å². The Morgan fingerprint density at radius 2 is 2.33 bits per heavy atom. The lowest BCUT2D eigenvalue weighted by molar-refractivity contribution is -0.139. The number of rotatable bonds is 7. The van der Waals surface area contributed by atoms with E-state index in [0.29, 0.717) is 25.2 Å². The Bertz CT molecular complexity index is 415. The molecule has 7 heteroatoms. The molecule has 0 aliphatic heterocycles. The van der Waals surface area contributed by atoms with Gasteiger partial charge in [-0.1, -0.05) is 5.16 Å². The summed E-state index contributed by atoms with van der Waals surface area (Å²) in [5, 5.41) is 14.9. The van der Waals surface area contributed by atoms with Crippen LogP contribution in [0.15, 0.2) is 10.7 Å². The second kappa shape index (κ2) is 6.75. The van der Waals surface area contributed by atoms with E-state index in [-0.39, 0.29) is 5.56 Å². The maximum Gasteiger partial charge on any atom is 0.326 e. The molecule has 2 N–H and O–H groups in total. The molecule has 1 amide bonds. The van der Waals surface area contributed by atoms with Crippen molar-refractivity contribution in [1.82, 2.24) is 10.5 Å². The third kappa shape index (κ3) is 3.85.